The van der Waals surface area contributed by atoms with E-state index in [1.807, 2.05) is 0 Å². The van der Waals surface area contributed by atoms with E-state index >= 15 is 0 Å². The smallest absolute Gasteiger partial charge is 0.100 e. The Morgan fingerprint density at radius 1 is 1.45 bits per heavy atom. The summed E-state index contributed by atoms with van der Waals surface area (Å²) in [6.45, 7) is 2.42. The predicted octanol–water partition coefficient (Wildman–Crippen LogP) is -0.873. The summed E-state index contributed by atoms with van der Waals surface area (Å²) < 4.78 is 4.86. The molecule has 0 aromatic rings. The average molecular weight is 164 g/mol. The predicted molar refractivity (Wildman–Crippen MR) is 40.2 cm³/mol. The Labute approximate surface area is 66.4 Å². The van der Waals surface area contributed by atoms with Gasteiger partial charge in [0.2, 0.25) is 0 Å². The Balaban J connectivity index is 0.000000183. The number of epoxide rings is 1. The molecule has 3 N–H and O–H groups in total. The molecule has 0 radical (unpaired) electrons. The van der Waals surface area contributed by atoms with Gasteiger partial charge in [-0.05, 0) is 6.42 Å². The molecular weight excluding hydrogens is 148 g/mol. The number of aliphatic hydroxyl groups is 3. The monoisotopic (exact) mass is 164 g/mol. The zero-order valence-electron chi connectivity index (χ0n) is 6.73. The van der Waals surface area contributed by atoms with Crippen LogP contribution in [0.4, 0.5) is 0 Å². The van der Waals surface area contributed by atoms with Crippen molar-refractivity contribution in [2.24, 2.45) is 0 Å². The first-order chi connectivity index (χ1) is 5.24. The van der Waals surface area contributed by atoms with Gasteiger partial charge in [0.15, 0.2) is 0 Å². The summed E-state index contributed by atoms with van der Waals surface area (Å²) in [5.74, 6) is 0. The molecule has 4 nitrogen and oxygen atoms in total. The van der Waals surface area contributed by atoms with Gasteiger partial charge in [0.05, 0.1) is 25.9 Å². The first-order valence-corrected chi connectivity index (χ1v) is 3.76. The Hall–Kier alpha value is -0.160. The average Bonchev–Trinajstić information content (AvgIpc) is 2.86. The van der Waals surface area contributed by atoms with Crippen molar-refractivity contribution >= 4 is 0 Å². The van der Waals surface area contributed by atoms with Crippen LogP contribution in [0.1, 0.15) is 13.3 Å². The molecule has 1 aliphatic rings. The normalized spacial score (nSPS) is 21.0. The summed E-state index contributed by atoms with van der Waals surface area (Å²) in [5.41, 5.74) is 0. The highest BCUT2D eigenvalue weighted by atomic mass is 16.6. The van der Waals surface area contributed by atoms with Crippen LogP contribution in [0.25, 0.3) is 0 Å². The van der Waals surface area contributed by atoms with Gasteiger partial charge in [0.25, 0.3) is 0 Å². The molecule has 0 spiro atoms. The van der Waals surface area contributed by atoms with Crippen molar-refractivity contribution in [1.82, 2.24) is 0 Å². The fourth-order valence-electron chi connectivity index (χ4n) is 0.361. The van der Waals surface area contributed by atoms with Crippen LogP contribution < -0.4 is 0 Å². The maximum atomic E-state index is 8.17. The van der Waals surface area contributed by atoms with Crippen LogP contribution in [0.2, 0.25) is 0 Å². The molecule has 68 valence electrons. The molecule has 0 aromatic heterocycles. The summed E-state index contributed by atoms with van der Waals surface area (Å²) in [4.78, 5) is 0. The van der Waals surface area contributed by atoms with Gasteiger partial charge in [-0.1, -0.05) is 6.92 Å². The second kappa shape index (κ2) is 6.54. The number of ether oxygens (including phenoxy) is 1. The van der Waals surface area contributed by atoms with Crippen molar-refractivity contribution < 1.29 is 20.1 Å². The van der Waals surface area contributed by atoms with E-state index < -0.39 is 6.10 Å². The van der Waals surface area contributed by atoms with E-state index in [-0.39, 0.29) is 13.2 Å². The Bertz CT molecular complexity index is 78.5. The molecule has 4 heteroatoms. The second-order valence-corrected chi connectivity index (χ2v) is 2.38. The number of aliphatic hydroxyl groups excluding tert-OH is 3. The van der Waals surface area contributed by atoms with E-state index in [9.17, 15) is 0 Å². The van der Waals surface area contributed by atoms with Gasteiger partial charge in [0.1, 0.15) is 6.10 Å². The minimum atomic E-state index is -0.954. The van der Waals surface area contributed by atoms with Crippen LogP contribution in [0.15, 0.2) is 0 Å². The molecule has 1 fully saturated rings. The van der Waals surface area contributed by atoms with Crippen molar-refractivity contribution in [3.63, 3.8) is 0 Å². The molecule has 1 heterocycles. The van der Waals surface area contributed by atoms with Gasteiger partial charge in [-0.2, -0.15) is 0 Å². The molecule has 1 saturated heterocycles. The van der Waals surface area contributed by atoms with Crippen LogP contribution in [0.5, 0.6) is 0 Å². The van der Waals surface area contributed by atoms with E-state index in [0.717, 1.165) is 6.61 Å². The van der Waals surface area contributed by atoms with Crippen LogP contribution in [0, 0.1) is 0 Å². The fourth-order valence-corrected chi connectivity index (χ4v) is 0.361. The molecule has 11 heavy (non-hydrogen) atoms. The topological polar surface area (TPSA) is 73.2 Å². The van der Waals surface area contributed by atoms with Crippen LogP contribution in [0.3, 0.4) is 0 Å². The molecule has 0 aromatic carbocycles. The van der Waals surface area contributed by atoms with Gasteiger partial charge in [-0.15, -0.1) is 0 Å². The SMILES string of the molecule is CCC1CO1.OCC(O)CO. The van der Waals surface area contributed by atoms with Crippen molar-refractivity contribution in [3.05, 3.63) is 0 Å². The number of hydrogen-bond donors (Lipinski definition) is 3. The van der Waals surface area contributed by atoms with Crippen LogP contribution in [-0.4, -0.2) is 47.3 Å². The molecule has 0 bridgehead atoms. The highest BCUT2D eigenvalue weighted by molar-refractivity contribution is 4.64. The Morgan fingerprint density at radius 2 is 1.91 bits per heavy atom. The molecule has 1 aliphatic heterocycles. The summed E-state index contributed by atoms with van der Waals surface area (Å²) in [6, 6.07) is 0. The zero-order valence-corrected chi connectivity index (χ0v) is 6.73. The van der Waals surface area contributed by atoms with Gasteiger partial charge in [-0.25, -0.2) is 0 Å². The lowest BCUT2D eigenvalue weighted by atomic mass is 10.4. The van der Waals surface area contributed by atoms with E-state index in [2.05, 4.69) is 6.92 Å². The van der Waals surface area contributed by atoms with Crippen LogP contribution in [-0.2, 0) is 4.74 Å². The van der Waals surface area contributed by atoms with E-state index in [1.54, 1.807) is 0 Å². The second-order valence-electron chi connectivity index (χ2n) is 2.38. The summed E-state index contributed by atoms with van der Waals surface area (Å²) in [5, 5.41) is 24.0. The summed E-state index contributed by atoms with van der Waals surface area (Å²) in [6.07, 6.45) is 0.875. The van der Waals surface area contributed by atoms with E-state index in [1.165, 1.54) is 6.42 Å². The lowest BCUT2D eigenvalue weighted by Crippen LogP contribution is -2.15. The Morgan fingerprint density at radius 3 is 1.91 bits per heavy atom. The van der Waals surface area contributed by atoms with E-state index in [4.69, 9.17) is 20.1 Å². The van der Waals surface area contributed by atoms with Gasteiger partial charge >= 0.3 is 0 Å². The third-order valence-corrected chi connectivity index (χ3v) is 1.28. The molecule has 1 unspecified atom stereocenters. The molecule has 0 aliphatic carbocycles. The van der Waals surface area contributed by atoms with Crippen molar-refractivity contribution in [3.8, 4) is 0 Å². The van der Waals surface area contributed by atoms with Crippen molar-refractivity contribution in [1.29, 1.82) is 0 Å². The fraction of sp³-hybridized carbons (Fsp3) is 1.00. The quantitative estimate of drug-likeness (QED) is 0.474. The van der Waals surface area contributed by atoms with Gasteiger partial charge in [0, 0.05) is 0 Å². The summed E-state index contributed by atoms with van der Waals surface area (Å²) in [7, 11) is 0. The van der Waals surface area contributed by atoms with Gasteiger partial charge in [-0.3, -0.25) is 0 Å². The van der Waals surface area contributed by atoms with Crippen molar-refractivity contribution in [2.75, 3.05) is 19.8 Å². The maximum absolute atomic E-state index is 8.17. The third kappa shape index (κ3) is 7.74. The summed E-state index contributed by atoms with van der Waals surface area (Å²) >= 11 is 0. The number of rotatable bonds is 3. The zero-order chi connectivity index (χ0) is 8.69. The highest BCUT2D eigenvalue weighted by Gasteiger charge is 2.18. The largest absolute Gasteiger partial charge is 0.394 e. The Kier molecular flexibility index (Phi) is 6.45. The van der Waals surface area contributed by atoms with Crippen LogP contribution >= 0.6 is 0 Å². The minimum absolute atomic E-state index is 0.365. The molecule has 0 saturated carbocycles. The first-order valence-electron chi connectivity index (χ1n) is 3.76. The molecule has 1 rings (SSSR count). The highest BCUT2D eigenvalue weighted by Crippen LogP contribution is 2.10. The first kappa shape index (κ1) is 10.8. The lowest BCUT2D eigenvalue weighted by Gasteiger charge is -1.96. The third-order valence-electron chi connectivity index (χ3n) is 1.28. The standard InChI is InChI=1S/C4H8O.C3H8O3/c1-2-4-3-5-4;4-1-3(6)2-5/h4H,2-3H2,1H3;3-6H,1-2H2. The van der Waals surface area contributed by atoms with Crippen molar-refractivity contribution in [2.45, 2.75) is 25.6 Å². The maximum Gasteiger partial charge on any atom is 0.100 e. The van der Waals surface area contributed by atoms with E-state index in [0.29, 0.717) is 6.10 Å². The van der Waals surface area contributed by atoms with Gasteiger partial charge < -0.3 is 20.1 Å². The molecular formula is C7H16O4. The molecule has 0 amide bonds. The minimum Gasteiger partial charge on any atom is -0.394 e. The lowest BCUT2D eigenvalue weighted by molar-refractivity contribution is 0.0450. The molecule has 1 atom stereocenters. The number of hydrogen-bond acceptors (Lipinski definition) is 4.